The van der Waals surface area contributed by atoms with Crippen LogP contribution in [0.5, 0.6) is 5.75 Å². The van der Waals surface area contributed by atoms with Gasteiger partial charge in [-0.1, -0.05) is 30.9 Å². The molecule has 20 heavy (non-hydrogen) atoms. The Hall–Kier alpha value is -1.55. The zero-order chi connectivity index (χ0) is 14.4. The van der Waals surface area contributed by atoms with Gasteiger partial charge in [0, 0.05) is 12.3 Å². The maximum atomic E-state index is 10.4. The summed E-state index contributed by atoms with van der Waals surface area (Å²) in [4.78, 5) is 15.0. The van der Waals surface area contributed by atoms with Crippen molar-refractivity contribution in [3.63, 3.8) is 0 Å². The van der Waals surface area contributed by atoms with Gasteiger partial charge in [-0.15, -0.1) is 0 Å². The van der Waals surface area contributed by atoms with Crippen molar-refractivity contribution in [2.45, 2.75) is 38.1 Å². The van der Waals surface area contributed by atoms with E-state index in [1.807, 2.05) is 12.3 Å². The Balaban J connectivity index is 1.97. The monoisotopic (exact) mass is 295 g/mol. The summed E-state index contributed by atoms with van der Waals surface area (Å²) in [5.41, 5.74) is 0.906. The van der Waals surface area contributed by atoms with Gasteiger partial charge in [0.2, 0.25) is 0 Å². The Morgan fingerprint density at radius 2 is 2.15 bits per heavy atom. The molecule has 0 heterocycles. The van der Waals surface area contributed by atoms with E-state index in [-0.39, 0.29) is 0 Å². The molecule has 1 N–H and O–H groups in total. The van der Waals surface area contributed by atoms with E-state index in [0.29, 0.717) is 16.8 Å². The Morgan fingerprint density at radius 1 is 1.40 bits per heavy atom. The number of aliphatic imine (C=N–C) groups is 1. The van der Waals surface area contributed by atoms with E-state index in [1.54, 1.807) is 12.1 Å². The molecule has 0 amide bonds. The molecule has 4 nitrogen and oxygen atoms in total. The summed E-state index contributed by atoms with van der Waals surface area (Å²) < 4.78 is 5.07. The van der Waals surface area contributed by atoms with E-state index in [2.05, 4.69) is 4.99 Å². The number of rotatable bonds is 5. The lowest BCUT2D eigenvalue weighted by Crippen LogP contribution is -2.10. The minimum Gasteiger partial charge on any atom is -0.480 e. The number of carbonyl (C=O) groups is 1. The first-order valence-corrected chi connectivity index (χ1v) is 7.20. The van der Waals surface area contributed by atoms with Crippen LogP contribution >= 0.6 is 11.6 Å². The lowest BCUT2D eigenvalue weighted by Gasteiger charge is -2.17. The highest BCUT2D eigenvalue weighted by Gasteiger charge is 2.11. The first-order valence-electron chi connectivity index (χ1n) is 6.82. The van der Waals surface area contributed by atoms with Crippen molar-refractivity contribution < 1.29 is 14.6 Å². The van der Waals surface area contributed by atoms with Crippen LogP contribution < -0.4 is 4.74 Å². The molecule has 0 aromatic heterocycles. The van der Waals surface area contributed by atoms with E-state index >= 15 is 0 Å². The fourth-order valence-corrected chi connectivity index (χ4v) is 2.52. The number of hydrogen-bond donors (Lipinski definition) is 1. The highest BCUT2D eigenvalue weighted by Crippen LogP contribution is 2.25. The molecular weight excluding hydrogens is 278 g/mol. The molecule has 1 aliphatic carbocycles. The van der Waals surface area contributed by atoms with Gasteiger partial charge in [-0.3, -0.25) is 4.99 Å². The fourth-order valence-electron chi connectivity index (χ4n) is 2.28. The molecule has 0 unspecified atom stereocenters. The first-order chi connectivity index (χ1) is 9.65. The number of aliphatic carboxylic acids is 1. The number of nitrogens with zero attached hydrogens (tertiary/aromatic N) is 1. The quantitative estimate of drug-likeness (QED) is 0.845. The smallest absolute Gasteiger partial charge is 0.341 e. The third kappa shape index (κ3) is 4.53. The van der Waals surface area contributed by atoms with Crippen LogP contribution in [-0.2, 0) is 4.79 Å². The zero-order valence-corrected chi connectivity index (χ0v) is 12.0. The van der Waals surface area contributed by atoms with Gasteiger partial charge in [0.15, 0.2) is 6.61 Å². The molecule has 108 valence electrons. The molecule has 1 aromatic carbocycles. The zero-order valence-electron chi connectivity index (χ0n) is 11.2. The Bertz CT molecular complexity index is 496. The average Bonchev–Trinajstić information content (AvgIpc) is 2.45. The molecule has 0 bridgehead atoms. The van der Waals surface area contributed by atoms with Crippen LogP contribution in [0, 0.1) is 0 Å². The van der Waals surface area contributed by atoms with Crippen molar-refractivity contribution in [3.05, 3.63) is 28.8 Å². The van der Waals surface area contributed by atoms with Crippen molar-refractivity contribution in [2.75, 3.05) is 6.61 Å². The van der Waals surface area contributed by atoms with Crippen LogP contribution in [0.3, 0.4) is 0 Å². The molecule has 1 aromatic rings. The maximum Gasteiger partial charge on any atom is 0.341 e. The number of ether oxygens (including phenoxy) is 1. The maximum absolute atomic E-state index is 10.4. The average molecular weight is 296 g/mol. The van der Waals surface area contributed by atoms with Crippen molar-refractivity contribution in [3.8, 4) is 5.75 Å². The Labute approximate surface area is 123 Å². The molecule has 1 aliphatic rings. The van der Waals surface area contributed by atoms with Gasteiger partial charge in [-0.2, -0.15) is 0 Å². The summed E-state index contributed by atoms with van der Waals surface area (Å²) in [5, 5.41) is 8.96. The van der Waals surface area contributed by atoms with Gasteiger partial charge in [-0.05, 0) is 36.6 Å². The largest absolute Gasteiger partial charge is 0.480 e. The van der Waals surface area contributed by atoms with E-state index in [0.717, 1.165) is 18.4 Å². The van der Waals surface area contributed by atoms with Crippen LogP contribution in [-0.4, -0.2) is 29.9 Å². The molecule has 5 heteroatoms. The molecule has 0 aliphatic heterocycles. The molecular formula is C15H18ClNO3. The van der Waals surface area contributed by atoms with Crippen molar-refractivity contribution in [1.82, 2.24) is 0 Å². The first kappa shape index (κ1) is 14.9. The number of hydrogen-bond acceptors (Lipinski definition) is 3. The minimum absolute atomic E-state index is 0.379. The lowest BCUT2D eigenvalue weighted by molar-refractivity contribution is -0.139. The highest BCUT2D eigenvalue weighted by atomic mass is 35.5. The predicted molar refractivity (Wildman–Crippen MR) is 79.0 cm³/mol. The van der Waals surface area contributed by atoms with Gasteiger partial charge in [0.25, 0.3) is 0 Å². The molecule has 1 saturated carbocycles. The SMILES string of the molecule is O=C(O)COc1ccc(C=NC2CCCCC2)cc1Cl. The van der Waals surface area contributed by atoms with E-state index < -0.39 is 12.6 Å². The molecule has 1 fully saturated rings. The van der Waals surface area contributed by atoms with Crippen molar-refractivity contribution in [1.29, 1.82) is 0 Å². The van der Waals surface area contributed by atoms with Gasteiger partial charge in [0.1, 0.15) is 5.75 Å². The molecule has 0 saturated heterocycles. The van der Waals surface area contributed by atoms with Crippen molar-refractivity contribution in [2.24, 2.45) is 4.99 Å². The van der Waals surface area contributed by atoms with Gasteiger partial charge >= 0.3 is 5.97 Å². The number of halogens is 1. The van der Waals surface area contributed by atoms with E-state index in [9.17, 15) is 4.79 Å². The lowest BCUT2D eigenvalue weighted by atomic mass is 9.96. The van der Waals surface area contributed by atoms with E-state index in [1.165, 1.54) is 19.3 Å². The summed E-state index contributed by atoms with van der Waals surface area (Å²) in [6.07, 6.45) is 7.97. The summed E-state index contributed by atoms with van der Waals surface area (Å²) in [5.74, 6) is -0.645. The summed E-state index contributed by atoms with van der Waals surface area (Å²) in [6, 6.07) is 5.67. The van der Waals surface area contributed by atoms with Gasteiger partial charge in [-0.25, -0.2) is 4.79 Å². The second kappa shape index (κ2) is 7.29. The van der Waals surface area contributed by atoms with Crippen LogP contribution in [0.15, 0.2) is 23.2 Å². The second-order valence-corrected chi connectivity index (χ2v) is 5.35. The van der Waals surface area contributed by atoms with Gasteiger partial charge in [0.05, 0.1) is 5.02 Å². The normalized spacial score (nSPS) is 16.4. The van der Waals surface area contributed by atoms with Gasteiger partial charge < -0.3 is 9.84 Å². The number of carboxylic acid groups (broad SMARTS) is 1. The van der Waals surface area contributed by atoms with Crippen LogP contribution in [0.4, 0.5) is 0 Å². The Kier molecular flexibility index (Phi) is 5.41. The summed E-state index contributed by atoms with van der Waals surface area (Å²) in [7, 11) is 0. The van der Waals surface area contributed by atoms with Crippen LogP contribution in [0.25, 0.3) is 0 Å². The Morgan fingerprint density at radius 3 is 2.80 bits per heavy atom. The topological polar surface area (TPSA) is 58.9 Å². The number of benzene rings is 1. The standard InChI is InChI=1S/C15H18ClNO3/c16-13-8-11(6-7-14(13)20-10-15(18)19)9-17-12-4-2-1-3-5-12/h6-9,12H,1-5,10H2,(H,18,19). The molecule has 2 rings (SSSR count). The third-order valence-electron chi connectivity index (χ3n) is 3.32. The minimum atomic E-state index is -1.02. The third-order valence-corrected chi connectivity index (χ3v) is 3.61. The second-order valence-electron chi connectivity index (χ2n) is 4.94. The highest BCUT2D eigenvalue weighted by molar-refractivity contribution is 6.32. The summed E-state index contributed by atoms with van der Waals surface area (Å²) >= 11 is 6.05. The predicted octanol–water partition coefficient (Wildman–Crippen LogP) is 3.56. The number of carboxylic acids is 1. The van der Waals surface area contributed by atoms with Crippen LogP contribution in [0.2, 0.25) is 5.02 Å². The molecule has 0 spiro atoms. The fraction of sp³-hybridized carbons (Fsp3) is 0.467. The summed E-state index contributed by atoms with van der Waals surface area (Å²) in [6.45, 7) is -0.394. The van der Waals surface area contributed by atoms with E-state index in [4.69, 9.17) is 21.4 Å². The molecule has 0 radical (unpaired) electrons. The van der Waals surface area contributed by atoms with Crippen molar-refractivity contribution >= 4 is 23.8 Å². The molecule has 0 atom stereocenters. The van der Waals surface area contributed by atoms with Crippen LogP contribution in [0.1, 0.15) is 37.7 Å².